The van der Waals surface area contributed by atoms with Crippen LogP contribution in [0.4, 0.5) is 0 Å². The van der Waals surface area contributed by atoms with Crippen LogP contribution in [0.25, 0.3) is 11.3 Å². The lowest BCUT2D eigenvalue weighted by molar-refractivity contribution is 0.0160. The molecule has 3 aromatic rings. The molecule has 0 N–H and O–H groups in total. The van der Waals surface area contributed by atoms with Gasteiger partial charge in [-0.2, -0.15) is 0 Å². The molecule has 4 rings (SSSR count). The second kappa shape index (κ2) is 8.61. The number of pyridine rings is 2. The summed E-state index contributed by atoms with van der Waals surface area (Å²) >= 11 is 6.06. The number of nitrogens with zero attached hydrogens (tertiary/aromatic N) is 3. The SMILES string of the molecule is Clc1ccc(-c2ncccc2CC(c2cccnc2)N2CCOCC2)cc1. The highest BCUT2D eigenvalue weighted by molar-refractivity contribution is 6.30. The van der Waals surface area contributed by atoms with Crippen LogP contribution in [0.15, 0.2) is 67.1 Å². The maximum absolute atomic E-state index is 6.06. The summed E-state index contributed by atoms with van der Waals surface area (Å²) in [4.78, 5) is 11.5. The fourth-order valence-electron chi connectivity index (χ4n) is 3.60. The Morgan fingerprint density at radius 3 is 2.52 bits per heavy atom. The van der Waals surface area contributed by atoms with Crippen LogP contribution in [0.3, 0.4) is 0 Å². The predicted molar refractivity (Wildman–Crippen MR) is 108 cm³/mol. The number of rotatable bonds is 5. The van der Waals surface area contributed by atoms with E-state index in [4.69, 9.17) is 16.3 Å². The highest BCUT2D eigenvalue weighted by Gasteiger charge is 2.24. The molecule has 1 aromatic carbocycles. The van der Waals surface area contributed by atoms with Gasteiger partial charge in [0.25, 0.3) is 0 Å². The van der Waals surface area contributed by atoms with Gasteiger partial charge in [0.05, 0.1) is 18.9 Å². The van der Waals surface area contributed by atoms with Crippen molar-refractivity contribution >= 4 is 11.6 Å². The Morgan fingerprint density at radius 2 is 1.78 bits per heavy atom. The van der Waals surface area contributed by atoms with E-state index in [0.717, 1.165) is 49.0 Å². The van der Waals surface area contributed by atoms with Crippen LogP contribution >= 0.6 is 11.6 Å². The van der Waals surface area contributed by atoms with Crippen LogP contribution in [-0.2, 0) is 11.2 Å². The van der Waals surface area contributed by atoms with Gasteiger partial charge < -0.3 is 4.74 Å². The van der Waals surface area contributed by atoms with Gasteiger partial charge in [-0.25, -0.2) is 0 Å². The number of hydrogen-bond donors (Lipinski definition) is 0. The van der Waals surface area contributed by atoms with E-state index in [1.54, 1.807) is 0 Å². The fraction of sp³-hybridized carbons (Fsp3) is 0.273. The van der Waals surface area contributed by atoms with E-state index in [1.807, 2.05) is 55.0 Å². The molecule has 0 aliphatic carbocycles. The summed E-state index contributed by atoms with van der Waals surface area (Å²) in [6.45, 7) is 3.40. The molecule has 1 unspecified atom stereocenters. The van der Waals surface area contributed by atoms with Crippen molar-refractivity contribution in [2.75, 3.05) is 26.3 Å². The van der Waals surface area contributed by atoms with Crippen molar-refractivity contribution in [3.63, 3.8) is 0 Å². The molecule has 1 saturated heterocycles. The topological polar surface area (TPSA) is 38.2 Å². The van der Waals surface area contributed by atoms with Gasteiger partial charge in [-0.15, -0.1) is 0 Å². The molecule has 5 heteroatoms. The van der Waals surface area contributed by atoms with Crippen molar-refractivity contribution in [3.8, 4) is 11.3 Å². The smallest absolute Gasteiger partial charge is 0.0734 e. The molecule has 27 heavy (non-hydrogen) atoms. The maximum atomic E-state index is 6.06. The minimum absolute atomic E-state index is 0.248. The highest BCUT2D eigenvalue weighted by atomic mass is 35.5. The average molecular weight is 380 g/mol. The van der Waals surface area contributed by atoms with Crippen LogP contribution in [0.1, 0.15) is 17.2 Å². The quantitative estimate of drug-likeness (QED) is 0.658. The van der Waals surface area contributed by atoms with E-state index in [0.29, 0.717) is 0 Å². The number of morpholine rings is 1. The van der Waals surface area contributed by atoms with Crippen LogP contribution in [0.2, 0.25) is 5.02 Å². The molecule has 0 saturated carbocycles. The summed E-state index contributed by atoms with van der Waals surface area (Å²) < 4.78 is 5.56. The predicted octanol–water partition coefficient (Wildman–Crippen LogP) is 4.41. The monoisotopic (exact) mass is 379 g/mol. The molecule has 3 heterocycles. The Hall–Kier alpha value is -2.27. The van der Waals surface area contributed by atoms with Crippen LogP contribution in [0, 0.1) is 0 Å². The third kappa shape index (κ3) is 4.35. The van der Waals surface area contributed by atoms with Gasteiger partial charge in [-0.05, 0) is 41.8 Å². The van der Waals surface area contributed by atoms with Gasteiger partial charge in [0.15, 0.2) is 0 Å². The lowest BCUT2D eigenvalue weighted by Crippen LogP contribution is -2.40. The second-order valence-electron chi connectivity index (χ2n) is 6.67. The zero-order chi connectivity index (χ0) is 18.5. The maximum Gasteiger partial charge on any atom is 0.0734 e. The Morgan fingerprint density at radius 1 is 1.00 bits per heavy atom. The first-order valence-electron chi connectivity index (χ1n) is 9.23. The molecule has 1 atom stereocenters. The zero-order valence-corrected chi connectivity index (χ0v) is 15.8. The van der Waals surface area contributed by atoms with Crippen LogP contribution in [-0.4, -0.2) is 41.2 Å². The van der Waals surface area contributed by atoms with Crippen molar-refractivity contribution < 1.29 is 4.74 Å². The molecule has 1 fully saturated rings. The van der Waals surface area contributed by atoms with Crippen LogP contribution < -0.4 is 0 Å². The summed E-state index contributed by atoms with van der Waals surface area (Å²) in [6.07, 6.45) is 6.51. The number of aromatic nitrogens is 2. The standard InChI is InChI=1S/C22H22ClN3O/c23-20-7-5-17(6-8-20)22-18(3-2-10-25-22)15-21(19-4-1-9-24-16-19)26-11-13-27-14-12-26/h1-10,16,21H,11-15H2. The summed E-state index contributed by atoms with van der Waals surface area (Å²) in [7, 11) is 0. The molecule has 0 amide bonds. The molecule has 1 aliphatic rings. The van der Waals surface area contributed by atoms with E-state index in [2.05, 4.69) is 27.0 Å². The molecular weight excluding hydrogens is 358 g/mol. The summed E-state index contributed by atoms with van der Waals surface area (Å²) in [5.41, 5.74) is 4.55. The number of hydrogen-bond acceptors (Lipinski definition) is 4. The largest absolute Gasteiger partial charge is 0.379 e. The van der Waals surface area contributed by atoms with Crippen molar-refractivity contribution in [3.05, 3.63) is 83.3 Å². The van der Waals surface area contributed by atoms with Gasteiger partial charge >= 0.3 is 0 Å². The first-order valence-corrected chi connectivity index (χ1v) is 9.60. The van der Waals surface area contributed by atoms with Gasteiger partial charge in [0.1, 0.15) is 0 Å². The van der Waals surface area contributed by atoms with E-state index >= 15 is 0 Å². The Balaban J connectivity index is 1.68. The summed E-state index contributed by atoms with van der Waals surface area (Å²) in [5, 5.41) is 0.734. The first kappa shape index (κ1) is 18.1. The fourth-order valence-corrected chi connectivity index (χ4v) is 3.73. The van der Waals surface area contributed by atoms with Crippen molar-refractivity contribution in [2.45, 2.75) is 12.5 Å². The Bertz CT molecular complexity index is 864. The van der Waals surface area contributed by atoms with E-state index < -0.39 is 0 Å². The normalized spacial score (nSPS) is 16.2. The summed E-state index contributed by atoms with van der Waals surface area (Å²) in [6, 6.07) is 16.5. The second-order valence-corrected chi connectivity index (χ2v) is 7.11. The highest BCUT2D eigenvalue weighted by Crippen LogP contribution is 2.30. The molecule has 4 nitrogen and oxygen atoms in total. The molecule has 2 aromatic heterocycles. The molecule has 0 radical (unpaired) electrons. The molecule has 0 spiro atoms. The molecule has 138 valence electrons. The van der Waals surface area contributed by atoms with Gasteiger partial charge in [0.2, 0.25) is 0 Å². The Kier molecular flexibility index (Phi) is 5.78. The van der Waals surface area contributed by atoms with E-state index in [1.165, 1.54) is 11.1 Å². The van der Waals surface area contributed by atoms with E-state index in [-0.39, 0.29) is 6.04 Å². The van der Waals surface area contributed by atoms with Crippen LogP contribution in [0.5, 0.6) is 0 Å². The lowest BCUT2D eigenvalue weighted by atomic mass is 9.95. The molecular formula is C22H22ClN3O. The number of ether oxygens (including phenoxy) is 1. The zero-order valence-electron chi connectivity index (χ0n) is 15.1. The van der Waals surface area contributed by atoms with E-state index in [9.17, 15) is 0 Å². The third-order valence-corrected chi connectivity index (χ3v) is 5.23. The number of benzene rings is 1. The average Bonchev–Trinajstić information content (AvgIpc) is 2.74. The van der Waals surface area contributed by atoms with Crippen molar-refractivity contribution in [1.82, 2.24) is 14.9 Å². The summed E-state index contributed by atoms with van der Waals surface area (Å²) in [5.74, 6) is 0. The van der Waals surface area contributed by atoms with Crippen molar-refractivity contribution in [2.24, 2.45) is 0 Å². The number of halogens is 1. The third-order valence-electron chi connectivity index (χ3n) is 4.98. The lowest BCUT2D eigenvalue weighted by Gasteiger charge is -2.35. The molecule has 0 bridgehead atoms. The van der Waals surface area contributed by atoms with Gasteiger partial charge in [0, 0.05) is 48.3 Å². The van der Waals surface area contributed by atoms with Gasteiger partial charge in [-0.1, -0.05) is 35.9 Å². The molecule has 1 aliphatic heterocycles. The minimum atomic E-state index is 0.248. The first-order chi connectivity index (χ1) is 13.3. The van der Waals surface area contributed by atoms with Gasteiger partial charge in [-0.3, -0.25) is 14.9 Å². The van der Waals surface area contributed by atoms with Crippen molar-refractivity contribution in [1.29, 1.82) is 0 Å². The minimum Gasteiger partial charge on any atom is -0.379 e. The Labute approximate surface area is 164 Å².